The van der Waals surface area contributed by atoms with Gasteiger partial charge in [0.25, 0.3) is 11.5 Å². The van der Waals surface area contributed by atoms with Gasteiger partial charge < -0.3 is 15.6 Å². The Morgan fingerprint density at radius 2 is 1.92 bits per heavy atom. The van der Waals surface area contributed by atoms with E-state index in [9.17, 15) is 18.8 Å². The fourth-order valence-corrected chi connectivity index (χ4v) is 4.74. The Labute approximate surface area is 206 Å². The molecule has 5 rings (SSSR count). The quantitative estimate of drug-likeness (QED) is 0.276. The van der Waals surface area contributed by atoms with Gasteiger partial charge >= 0.3 is 5.69 Å². The van der Waals surface area contributed by atoms with Crippen LogP contribution < -0.4 is 21.9 Å². The fourth-order valence-electron chi connectivity index (χ4n) is 3.81. The highest BCUT2D eigenvalue weighted by atomic mass is 32.1. The van der Waals surface area contributed by atoms with Crippen LogP contribution in [0.5, 0.6) is 0 Å². The average molecular weight is 507 g/mol. The minimum atomic E-state index is -0.690. The summed E-state index contributed by atoms with van der Waals surface area (Å²) >= 11 is 1.50. The molecule has 11 nitrogen and oxygen atoms in total. The number of benzene rings is 2. The highest BCUT2D eigenvalue weighted by Gasteiger charge is 2.23. The third kappa shape index (κ3) is 4.15. The Kier molecular flexibility index (Phi) is 5.90. The van der Waals surface area contributed by atoms with Crippen molar-refractivity contribution in [3.63, 3.8) is 0 Å². The number of carbonyl (C=O) groups excluding carboxylic acids is 1. The summed E-state index contributed by atoms with van der Waals surface area (Å²) < 4.78 is 15.1. The number of halogens is 1. The van der Waals surface area contributed by atoms with Crippen LogP contribution in [0.4, 0.5) is 10.1 Å². The zero-order chi connectivity index (χ0) is 25.4. The van der Waals surface area contributed by atoms with Gasteiger partial charge in [-0.25, -0.2) is 18.9 Å². The monoisotopic (exact) mass is 506 g/mol. The molecule has 4 N–H and O–H groups in total. The fraction of sp³-hybridized carbons (Fsp3) is 0.130. The van der Waals surface area contributed by atoms with Gasteiger partial charge in [0.05, 0.1) is 22.3 Å². The molecule has 36 heavy (non-hydrogen) atoms. The number of fused-ring (bicyclic) bond motifs is 1. The van der Waals surface area contributed by atoms with Crippen LogP contribution in [0, 0.1) is 12.7 Å². The number of nitrogens with one attached hydrogen (secondary N) is 4. The molecule has 3 aromatic heterocycles. The number of aryl methyl sites for hydroxylation is 1. The highest BCUT2D eigenvalue weighted by Crippen LogP contribution is 2.26. The van der Waals surface area contributed by atoms with Crippen molar-refractivity contribution in [1.82, 2.24) is 35.5 Å². The summed E-state index contributed by atoms with van der Waals surface area (Å²) in [7, 11) is 1.54. The number of carbonyl (C=O) groups is 1. The van der Waals surface area contributed by atoms with Crippen molar-refractivity contribution in [2.24, 2.45) is 0 Å². The standard InChI is InChI=1S/C23H19FN8O3S/c1-11-3-8-18(36-11)19(20-28-30-31-29-20)27-21(33)12-4-6-13(7-5-12)32-22(34)14-9-15(24)17(25-2)10-16(14)26-23(32)35/h3-10,19,25H,1-2H3,(H,26,35)(H,27,33)(H,28,29,30,31). The summed E-state index contributed by atoms with van der Waals surface area (Å²) in [4.78, 5) is 43.2. The van der Waals surface area contributed by atoms with Crippen LogP contribution in [0.25, 0.3) is 16.6 Å². The molecule has 0 saturated carbocycles. The Morgan fingerprint density at radius 3 is 2.56 bits per heavy atom. The molecule has 0 saturated heterocycles. The number of thiophene rings is 1. The largest absolute Gasteiger partial charge is 0.386 e. The van der Waals surface area contributed by atoms with Gasteiger partial charge in [0, 0.05) is 22.4 Å². The minimum Gasteiger partial charge on any atom is -0.386 e. The van der Waals surface area contributed by atoms with Gasteiger partial charge in [0.2, 0.25) is 0 Å². The van der Waals surface area contributed by atoms with Crippen molar-refractivity contribution in [2.45, 2.75) is 13.0 Å². The molecule has 2 aromatic carbocycles. The number of anilines is 1. The molecule has 0 radical (unpaired) electrons. The Bertz CT molecular complexity index is 1690. The molecule has 13 heteroatoms. The van der Waals surface area contributed by atoms with E-state index < -0.39 is 29.0 Å². The lowest BCUT2D eigenvalue weighted by molar-refractivity contribution is 0.0942. The van der Waals surface area contributed by atoms with Gasteiger partial charge in [-0.3, -0.25) is 9.59 Å². The van der Waals surface area contributed by atoms with Gasteiger partial charge in [-0.05, 0) is 65.9 Å². The Morgan fingerprint density at radius 1 is 1.14 bits per heavy atom. The molecule has 1 atom stereocenters. The van der Waals surface area contributed by atoms with Crippen molar-refractivity contribution < 1.29 is 9.18 Å². The second-order valence-corrected chi connectivity index (χ2v) is 9.21. The van der Waals surface area contributed by atoms with E-state index in [-0.39, 0.29) is 22.3 Å². The topological polar surface area (TPSA) is 150 Å². The van der Waals surface area contributed by atoms with E-state index in [0.717, 1.165) is 20.4 Å². The van der Waals surface area contributed by atoms with Gasteiger partial charge in [0.15, 0.2) is 5.82 Å². The summed E-state index contributed by atoms with van der Waals surface area (Å²) in [6.45, 7) is 1.95. The highest BCUT2D eigenvalue weighted by molar-refractivity contribution is 7.12. The van der Waals surface area contributed by atoms with E-state index >= 15 is 0 Å². The SMILES string of the molecule is CNc1cc2[nH]c(=O)n(-c3ccc(C(=O)NC(c4nnn[nH]4)c4ccc(C)s4)cc3)c(=O)c2cc1F. The Hall–Kier alpha value is -4.65. The number of rotatable bonds is 6. The number of hydrogen-bond acceptors (Lipinski definition) is 8. The van der Waals surface area contributed by atoms with Gasteiger partial charge in [-0.15, -0.1) is 16.4 Å². The minimum absolute atomic E-state index is 0.0164. The van der Waals surface area contributed by atoms with E-state index in [1.807, 2.05) is 19.1 Å². The molecular weight excluding hydrogens is 487 g/mol. The third-order valence-corrected chi connectivity index (χ3v) is 6.66. The number of aromatic amines is 2. The first kappa shape index (κ1) is 23.1. The molecule has 1 amide bonds. The molecule has 1 unspecified atom stereocenters. The lowest BCUT2D eigenvalue weighted by Gasteiger charge is -2.15. The molecule has 5 aromatic rings. The number of H-pyrrole nitrogens is 2. The zero-order valence-corrected chi connectivity index (χ0v) is 19.8. The molecule has 0 aliphatic rings. The van der Waals surface area contributed by atoms with Crippen LogP contribution in [0.3, 0.4) is 0 Å². The zero-order valence-electron chi connectivity index (χ0n) is 19.0. The van der Waals surface area contributed by atoms with Crippen LogP contribution in [0.1, 0.15) is 32.0 Å². The normalized spacial score (nSPS) is 12.0. The van der Waals surface area contributed by atoms with Crippen molar-refractivity contribution >= 4 is 33.8 Å². The van der Waals surface area contributed by atoms with Crippen LogP contribution in [0.2, 0.25) is 0 Å². The number of aromatic nitrogens is 6. The average Bonchev–Trinajstić information content (AvgIpc) is 3.55. The Balaban J connectivity index is 1.46. The molecule has 0 aliphatic carbocycles. The van der Waals surface area contributed by atoms with E-state index in [1.165, 1.54) is 48.7 Å². The first-order valence-electron chi connectivity index (χ1n) is 10.7. The van der Waals surface area contributed by atoms with Gasteiger partial charge in [0.1, 0.15) is 11.9 Å². The molecular formula is C23H19FN8O3S. The summed E-state index contributed by atoms with van der Waals surface area (Å²) in [5, 5.41) is 19.4. The van der Waals surface area contributed by atoms with Crippen LogP contribution in [0.15, 0.2) is 58.1 Å². The number of nitrogens with zero attached hydrogens (tertiary/aromatic N) is 4. The first-order valence-corrected chi connectivity index (χ1v) is 11.5. The second-order valence-electron chi connectivity index (χ2n) is 7.89. The maximum Gasteiger partial charge on any atom is 0.333 e. The van der Waals surface area contributed by atoms with Crippen LogP contribution >= 0.6 is 11.3 Å². The van der Waals surface area contributed by atoms with Crippen LogP contribution in [-0.4, -0.2) is 43.1 Å². The maximum absolute atomic E-state index is 14.2. The van der Waals surface area contributed by atoms with E-state index in [0.29, 0.717) is 11.4 Å². The van der Waals surface area contributed by atoms with E-state index in [2.05, 4.69) is 36.2 Å². The molecule has 0 spiro atoms. The van der Waals surface area contributed by atoms with Crippen molar-refractivity contribution in [2.75, 3.05) is 12.4 Å². The molecule has 0 aliphatic heterocycles. The smallest absolute Gasteiger partial charge is 0.333 e. The van der Waals surface area contributed by atoms with E-state index in [4.69, 9.17) is 0 Å². The lowest BCUT2D eigenvalue weighted by atomic mass is 10.1. The summed E-state index contributed by atoms with van der Waals surface area (Å²) in [6.07, 6.45) is 0. The molecule has 0 bridgehead atoms. The van der Waals surface area contributed by atoms with Crippen molar-refractivity contribution in [3.8, 4) is 5.69 Å². The van der Waals surface area contributed by atoms with Crippen LogP contribution in [-0.2, 0) is 0 Å². The van der Waals surface area contributed by atoms with Crippen molar-refractivity contribution in [3.05, 3.63) is 96.3 Å². The number of hydrogen-bond donors (Lipinski definition) is 4. The third-order valence-electron chi connectivity index (χ3n) is 5.60. The first-order chi connectivity index (χ1) is 17.4. The maximum atomic E-state index is 14.2. The lowest BCUT2D eigenvalue weighted by Crippen LogP contribution is -2.34. The number of amides is 1. The molecule has 3 heterocycles. The van der Waals surface area contributed by atoms with Gasteiger partial charge in [-0.2, -0.15) is 0 Å². The molecule has 182 valence electrons. The second kappa shape index (κ2) is 9.19. The van der Waals surface area contributed by atoms with Gasteiger partial charge in [-0.1, -0.05) is 0 Å². The summed E-state index contributed by atoms with van der Waals surface area (Å²) in [5.74, 6) is -0.648. The number of tetrazole rings is 1. The predicted octanol–water partition coefficient (Wildman–Crippen LogP) is 2.26. The summed E-state index contributed by atoms with van der Waals surface area (Å²) in [5.41, 5.74) is -0.493. The predicted molar refractivity (Wildman–Crippen MR) is 132 cm³/mol. The molecule has 0 fully saturated rings. The summed E-state index contributed by atoms with van der Waals surface area (Å²) in [6, 6.07) is 11.6. The van der Waals surface area contributed by atoms with E-state index in [1.54, 1.807) is 0 Å². The van der Waals surface area contributed by atoms with Crippen molar-refractivity contribution in [1.29, 1.82) is 0 Å².